The lowest BCUT2D eigenvalue weighted by Crippen LogP contribution is -2.22. The molecule has 0 bridgehead atoms. The van der Waals surface area contributed by atoms with Gasteiger partial charge in [0.2, 0.25) is 0 Å². The Labute approximate surface area is 49.0 Å². The summed E-state index contributed by atoms with van der Waals surface area (Å²) in [7, 11) is 0. The van der Waals surface area contributed by atoms with E-state index in [1.165, 1.54) is 0 Å². The molecule has 0 aromatic heterocycles. The van der Waals surface area contributed by atoms with Crippen molar-refractivity contribution < 1.29 is 4.74 Å². The molecule has 2 atom stereocenters. The summed E-state index contributed by atoms with van der Waals surface area (Å²) >= 11 is 0. The minimum Gasteiger partial charge on any atom is -0.375 e. The number of rotatable bonds is 1. The molecule has 3 nitrogen and oxygen atoms in total. The first-order valence-corrected chi connectivity index (χ1v) is 2.90. The summed E-state index contributed by atoms with van der Waals surface area (Å²) in [4.78, 5) is 0. The topological polar surface area (TPSA) is 61.3 Å². The molecule has 48 valence electrons. The van der Waals surface area contributed by atoms with Crippen molar-refractivity contribution in [1.82, 2.24) is 0 Å². The Hall–Kier alpha value is -0.120. The first-order chi connectivity index (χ1) is 3.83. The van der Waals surface area contributed by atoms with E-state index in [0.717, 1.165) is 6.42 Å². The molecule has 1 heterocycles. The fraction of sp³-hybridized carbons (Fsp3) is 1.00. The Morgan fingerprint density at radius 3 is 2.62 bits per heavy atom. The van der Waals surface area contributed by atoms with Crippen LogP contribution in [-0.2, 0) is 4.74 Å². The summed E-state index contributed by atoms with van der Waals surface area (Å²) in [5.74, 6) is 0. The van der Waals surface area contributed by atoms with Crippen LogP contribution in [0.15, 0.2) is 0 Å². The summed E-state index contributed by atoms with van der Waals surface area (Å²) < 4.78 is 5.16. The molecule has 1 saturated heterocycles. The third kappa shape index (κ3) is 1.18. The van der Waals surface area contributed by atoms with Gasteiger partial charge in [-0.25, -0.2) is 0 Å². The number of hydrogen-bond donors (Lipinski definition) is 2. The van der Waals surface area contributed by atoms with E-state index < -0.39 is 0 Å². The van der Waals surface area contributed by atoms with E-state index in [9.17, 15) is 0 Å². The third-order valence-corrected chi connectivity index (χ3v) is 1.37. The lowest BCUT2D eigenvalue weighted by Gasteiger charge is -2.01. The van der Waals surface area contributed by atoms with Crippen molar-refractivity contribution in [2.75, 3.05) is 13.2 Å². The molecule has 1 rings (SSSR count). The van der Waals surface area contributed by atoms with Crippen molar-refractivity contribution in [2.45, 2.75) is 18.6 Å². The molecule has 1 aliphatic rings. The summed E-state index contributed by atoms with van der Waals surface area (Å²) in [5.41, 5.74) is 10.8. The molecule has 4 N–H and O–H groups in total. The van der Waals surface area contributed by atoms with Gasteiger partial charge in [-0.15, -0.1) is 0 Å². The molecular weight excluding hydrogens is 104 g/mol. The van der Waals surface area contributed by atoms with E-state index in [1.54, 1.807) is 0 Å². The van der Waals surface area contributed by atoms with Crippen LogP contribution >= 0.6 is 0 Å². The maximum Gasteiger partial charge on any atom is 0.0713 e. The minimum absolute atomic E-state index is 0.226. The summed E-state index contributed by atoms with van der Waals surface area (Å²) in [6, 6.07) is 0.226. The lowest BCUT2D eigenvalue weighted by atomic mass is 10.2. The van der Waals surface area contributed by atoms with Crippen LogP contribution in [0.1, 0.15) is 6.42 Å². The quantitative estimate of drug-likeness (QED) is 0.465. The van der Waals surface area contributed by atoms with Gasteiger partial charge in [0, 0.05) is 12.6 Å². The highest BCUT2D eigenvalue weighted by Gasteiger charge is 2.20. The van der Waals surface area contributed by atoms with Crippen molar-refractivity contribution in [2.24, 2.45) is 11.5 Å². The van der Waals surface area contributed by atoms with Crippen LogP contribution < -0.4 is 11.5 Å². The van der Waals surface area contributed by atoms with Gasteiger partial charge in [-0.2, -0.15) is 0 Å². The van der Waals surface area contributed by atoms with E-state index in [2.05, 4.69) is 0 Å². The summed E-state index contributed by atoms with van der Waals surface area (Å²) in [5, 5.41) is 0. The Morgan fingerprint density at radius 2 is 2.38 bits per heavy atom. The lowest BCUT2D eigenvalue weighted by molar-refractivity contribution is 0.116. The van der Waals surface area contributed by atoms with Crippen LogP contribution in [0.2, 0.25) is 0 Å². The number of nitrogens with two attached hydrogens (primary N) is 2. The molecule has 0 aromatic rings. The van der Waals surface area contributed by atoms with Gasteiger partial charge in [-0.3, -0.25) is 0 Å². The SMILES string of the molecule is NCC1CC(N)CO1. The first-order valence-electron chi connectivity index (χ1n) is 2.90. The normalized spacial score (nSPS) is 38.2. The van der Waals surface area contributed by atoms with Crippen LogP contribution in [0.5, 0.6) is 0 Å². The number of ether oxygens (including phenoxy) is 1. The second kappa shape index (κ2) is 2.44. The highest BCUT2D eigenvalue weighted by molar-refractivity contribution is 4.75. The number of hydrogen-bond acceptors (Lipinski definition) is 3. The van der Waals surface area contributed by atoms with Crippen LogP contribution in [0.25, 0.3) is 0 Å². The zero-order valence-electron chi connectivity index (χ0n) is 4.84. The first kappa shape index (κ1) is 6.01. The van der Waals surface area contributed by atoms with Gasteiger partial charge in [-0.05, 0) is 6.42 Å². The Bertz CT molecular complexity index is 76.8. The standard InChI is InChI=1S/C5H12N2O/c6-2-5-1-4(7)3-8-5/h4-5H,1-3,6-7H2. The Morgan fingerprint density at radius 1 is 1.62 bits per heavy atom. The van der Waals surface area contributed by atoms with Crippen LogP contribution in [0.3, 0.4) is 0 Å². The average molecular weight is 116 g/mol. The van der Waals surface area contributed by atoms with Gasteiger partial charge in [0.05, 0.1) is 12.7 Å². The molecule has 3 heteroatoms. The van der Waals surface area contributed by atoms with Crippen molar-refractivity contribution in [3.63, 3.8) is 0 Å². The highest BCUT2D eigenvalue weighted by Crippen LogP contribution is 2.08. The fourth-order valence-corrected chi connectivity index (χ4v) is 0.898. The molecule has 0 radical (unpaired) electrons. The predicted molar refractivity (Wildman–Crippen MR) is 31.4 cm³/mol. The largest absolute Gasteiger partial charge is 0.375 e. The summed E-state index contributed by atoms with van der Waals surface area (Å²) in [6.07, 6.45) is 1.15. The van der Waals surface area contributed by atoms with E-state index >= 15 is 0 Å². The second-order valence-corrected chi connectivity index (χ2v) is 2.19. The van der Waals surface area contributed by atoms with Crippen molar-refractivity contribution in [3.05, 3.63) is 0 Å². The van der Waals surface area contributed by atoms with E-state index in [0.29, 0.717) is 13.2 Å². The molecule has 0 saturated carbocycles. The van der Waals surface area contributed by atoms with Crippen LogP contribution in [-0.4, -0.2) is 25.3 Å². The smallest absolute Gasteiger partial charge is 0.0713 e. The second-order valence-electron chi connectivity index (χ2n) is 2.19. The average Bonchev–Trinajstić information content (AvgIpc) is 2.14. The van der Waals surface area contributed by atoms with Gasteiger partial charge in [-0.1, -0.05) is 0 Å². The minimum atomic E-state index is 0.226. The zero-order valence-corrected chi connectivity index (χ0v) is 4.84. The molecule has 0 aliphatic carbocycles. The molecule has 0 spiro atoms. The summed E-state index contributed by atoms with van der Waals surface area (Å²) in [6.45, 7) is 1.29. The molecule has 0 aromatic carbocycles. The molecular formula is C5H12N2O. The van der Waals surface area contributed by atoms with Gasteiger partial charge in [0.1, 0.15) is 0 Å². The van der Waals surface area contributed by atoms with Gasteiger partial charge >= 0.3 is 0 Å². The van der Waals surface area contributed by atoms with E-state index in [-0.39, 0.29) is 12.1 Å². The molecule has 2 unspecified atom stereocenters. The maximum absolute atomic E-state index is 5.52. The van der Waals surface area contributed by atoms with Crippen molar-refractivity contribution in [3.8, 4) is 0 Å². The predicted octanol–water partition coefficient (Wildman–Crippen LogP) is -0.939. The molecule has 0 amide bonds. The Kier molecular flexibility index (Phi) is 1.83. The molecule has 8 heavy (non-hydrogen) atoms. The highest BCUT2D eigenvalue weighted by atomic mass is 16.5. The van der Waals surface area contributed by atoms with Gasteiger partial charge in [0.25, 0.3) is 0 Å². The monoisotopic (exact) mass is 116 g/mol. The third-order valence-electron chi connectivity index (χ3n) is 1.37. The zero-order chi connectivity index (χ0) is 5.98. The molecule has 1 fully saturated rings. The van der Waals surface area contributed by atoms with Gasteiger partial charge in [0.15, 0.2) is 0 Å². The Balaban J connectivity index is 2.22. The van der Waals surface area contributed by atoms with Crippen molar-refractivity contribution in [1.29, 1.82) is 0 Å². The van der Waals surface area contributed by atoms with Crippen LogP contribution in [0.4, 0.5) is 0 Å². The molecule has 1 aliphatic heterocycles. The van der Waals surface area contributed by atoms with E-state index in [1.807, 2.05) is 0 Å². The van der Waals surface area contributed by atoms with Gasteiger partial charge < -0.3 is 16.2 Å². The maximum atomic E-state index is 5.52. The van der Waals surface area contributed by atoms with Crippen molar-refractivity contribution >= 4 is 0 Å². The fourth-order valence-electron chi connectivity index (χ4n) is 0.898. The van der Waals surface area contributed by atoms with E-state index in [4.69, 9.17) is 16.2 Å². The van der Waals surface area contributed by atoms with Crippen LogP contribution in [0, 0.1) is 0 Å².